The van der Waals surface area contributed by atoms with Crippen molar-refractivity contribution in [3.63, 3.8) is 0 Å². The zero-order valence-corrected chi connectivity index (χ0v) is 21.9. The van der Waals surface area contributed by atoms with Crippen LogP contribution in [0.3, 0.4) is 0 Å². The van der Waals surface area contributed by atoms with Crippen LogP contribution in [0, 0.1) is 0 Å². The van der Waals surface area contributed by atoms with Crippen molar-refractivity contribution >= 4 is 27.8 Å². The van der Waals surface area contributed by atoms with Crippen LogP contribution >= 0.6 is 0 Å². The number of H-pyrrole nitrogens is 1. The van der Waals surface area contributed by atoms with Crippen molar-refractivity contribution in [2.45, 2.75) is 56.1 Å². The maximum absolute atomic E-state index is 10.3. The first kappa shape index (κ1) is 23.3. The lowest BCUT2D eigenvalue weighted by atomic mass is 9.95. The number of aromatic hydroxyl groups is 1. The Balaban J connectivity index is 1.16. The van der Waals surface area contributed by atoms with E-state index < -0.39 is 0 Å². The molecule has 2 bridgehead atoms. The Morgan fingerprint density at radius 1 is 1.00 bits per heavy atom. The maximum Gasteiger partial charge on any atom is 0.320 e. The van der Waals surface area contributed by atoms with Gasteiger partial charge in [0.05, 0.1) is 5.54 Å². The van der Waals surface area contributed by atoms with E-state index in [1.54, 1.807) is 12.1 Å². The molecule has 0 spiro atoms. The van der Waals surface area contributed by atoms with E-state index in [1.165, 1.54) is 38.5 Å². The predicted molar refractivity (Wildman–Crippen MR) is 148 cm³/mol. The van der Waals surface area contributed by atoms with Gasteiger partial charge in [-0.1, -0.05) is 24.3 Å². The number of phenolic OH excluding ortho intramolecular Hbond substituents is 1. The summed E-state index contributed by atoms with van der Waals surface area (Å²) in [5, 5.41) is 15.8. The summed E-state index contributed by atoms with van der Waals surface area (Å²) in [4.78, 5) is 22.7. The number of ether oxygens (including phenoxy) is 2. The maximum atomic E-state index is 10.3. The van der Waals surface area contributed by atoms with Gasteiger partial charge in [0.2, 0.25) is 0 Å². The number of hydrogen-bond donors (Lipinski definition) is 3. The van der Waals surface area contributed by atoms with Gasteiger partial charge in [-0.25, -0.2) is 0 Å². The third-order valence-electron chi connectivity index (χ3n) is 9.10. The second-order valence-corrected chi connectivity index (χ2v) is 11.6. The lowest BCUT2D eigenvalue weighted by Crippen LogP contribution is -2.51. The fraction of sp³-hybridized carbons (Fsp3) is 0.483. The Morgan fingerprint density at radius 2 is 1.79 bits per heavy atom. The molecular weight excluding hydrogens is 494 g/mol. The summed E-state index contributed by atoms with van der Waals surface area (Å²) in [7, 11) is 0. The van der Waals surface area contributed by atoms with Gasteiger partial charge in [-0.3, -0.25) is 4.90 Å². The number of imidazole rings is 1. The van der Waals surface area contributed by atoms with Crippen LogP contribution in [0.4, 0.5) is 5.82 Å². The fourth-order valence-electron chi connectivity index (χ4n) is 7.26. The molecule has 2 atom stereocenters. The molecule has 2 unspecified atom stereocenters. The number of fused-ring (bicyclic) bond motifs is 5. The third-order valence-corrected chi connectivity index (χ3v) is 9.10. The number of benzene rings is 2. The summed E-state index contributed by atoms with van der Waals surface area (Å²) in [5.74, 6) is 1.47. The van der Waals surface area contributed by atoms with Gasteiger partial charge in [0.15, 0.2) is 11.5 Å². The minimum Gasteiger partial charge on any atom is -0.508 e. The van der Waals surface area contributed by atoms with E-state index in [-0.39, 0.29) is 11.3 Å². The second kappa shape index (κ2) is 8.96. The van der Waals surface area contributed by atoms with Gasteiger partial charge < -0.3 is 29.8 Å². The number of aromatic amines is 1. The van der Waals surface area contributed by atoms with Gasteiger partial charge in [0.1, 0.15) is 23.6 Å². The van der Waals surface area contributed by atoms with Gasteiger partial charge >= 0.3 is 12.0 Å². The van der Waals surface area contributed by atoms with E-state index in [9.17, 15) is 5.11 Å². The van der Waals surface area contributed by atoms with E-state index >= 15 is 0 Å². The Morgan fingerprint density at radius 3 is 2.62 bits per heavy atom. The largest absolute Gasteiger partial charge is 0.508 e. The van der Waals surface area contributed by atoms with Crippen LogP contribution in [-0.4, -0.2) is 80.4 Å². The van der Waals surface area contributed by atoms with Gasteiger partial charge in [-0.2, -0.15) is 15.0 Å². The van der Waals surface area contributed by atoms with Crippen LogP contribution in [0.2, 0.25) is 0 Å². The molecule has 0 aliphatic carbocycles. The van der Waals surface area contributed by atoms with Crippen LogP contribution in [0.25, 0.3) is 21.9 Å². The van der Waals surface area contributed by atoms with Crippen LogP contribution in [0.5, 0.6) is 23.5 Å². The summed E-state index contributed by atoms with van der Waals surface area (Å²) in [6.45, 7) is 4.68. The number of phenols is 1. The number of anilines is 1. The Bertz CT molecular complexity index is 1530. The normalized spacial score (nSPS) is 24.1. The molecule has 6 heterocycles. The number of piperazine rings is 1. The molecule has 0 amide bonds. The van der Waals surface area contributed by atoms with Crippen LogP contribution in [0.1, 0.15) is 38.5 Å². The Hall–Kier alpha value is -3.63. The van der Waals surface area contributed by atoms with Crippen LogP contribution in [0.15, 0.2) is 36.4 Å². The molecule has 3 N–H and O–H groups in total. The zero-order valence-electron chi connectivity index (χ0n) is 21.9. The molecule has 4 aliphatic heterocycles. The van der Waals surface area contributed by atoms with E-state index in [0.29, 0.717) is 42.1 Å². The monoisotopic (exact) mass is 527 g/mol. The summed E-state index contributed by atoms with van der Waals surface area (Å²) in [6.07, 6.45) is 7.14. The third kappa shape index (κ3) is 4.04. The predicted octanol–water partition coefficient (Wildman–Crippen LogP) is 3.95. The van der Waals surface area contributed by atoms with Crippen molar-refractivity contribution in [1.82, 2.24) is 30.2 Å². The van der Waals surface area contributed by atoms with Crippen molar-refractivity contribution in [3.05, 3.63) is 36.4 Å². The molecule has 10 heteroatoms. The Kier molecular flexibility index (Phi) is 5.34. The molecule has 4 aliphatic rings. The number of nitrogens with one attached hydrogen (secondary N) is 2. The lowest BCUT2D eigenvalue weighted by molar-refractivity contribution is 0.108. The summed E-state index contributed by atoms with van der Waals surface area (Å²) in [6, 6.07) is 12.7. The molecule has 10 nitrogen and oxygen atoms in total. The van der Waals surface area contributed by atoms with E-state index in [2.05, 4.69) is 20.1 Å². The van der Waals surface area contributed by atoms with E-state index in [0.717, 1.165) is 48.3 Å². The quantitative estimate of drug-likeness (QED) is 0.343. The number of aromatic nitrogens is 4. The fourth-order valence-corrected chi connectivity index (χ4v) is 7.26. The van der Waals surface area contributed by atoms with Crippen molar-refractivity contribution in [2.24, 2.45) is 0 Å². The van der Waals surface area contributed by atoms with Crippen molar-refractivity contribution in [3.8, 4) is 23.5 Å². The minimum atomic E-state index is 0.114. The van der Waals surface area contributed by atoms with Crippen LogP contribution < -0.4 is 19.7 Å². The van der Waals surface area contributed by atoms with Crippen molar-refractivity contribution in [2.75, 3.05) is 37.7 Å². The first-order valence-electron chi connectivity index (χ1n) is 14.2. The molecule has 0 radical (unpaired) electrons. The summed E-state index contributed by atoms with van der Waals surface area (Å²) < 4.78 is 12.6. The lowest BCUT2D eigenvalue weighted by Gasteiger charge is -2.34. The van der Waals surface area contributed by atoms with Gasteiger partial charge in [0, 0.05) is 36.6 Å². The highest BCUT2D eigenvalue weighted by Gasteiger charge is 2.45. The molecule has 2 aromatic heterocycles. The van der Waals surface area contributed by atoms with E-state index in [1.807, 2.05) is 24.3 Å². The molecule has 8 rings (SSSR count). The van der Waals surface area contributed by atoms with Gasteiger partial charge in [0.25, 0.3) is 0 Å². The molecule has 39 heavy (non-hydrogen) atoms. The van der Waals surface area contributed by atoms with Crippen LogP contribution in [-0.2, 0) is 0 Å². The topological polar surface area (TPSA) is 112 Å². The molecular formula is C29H33N7O3. The zero-order chi connectivity index (χ0) is 26.0. The first-order chi connectivity index (χ1) is 19.1. The second-order valence-electron chi connectivity index (χ2n) is 11.6. The highest BCUT2D eigenvalue weighted by atomic mass is 16.5. The average molecular weight is 528 g/mol. The minimum absolute atomic E-state index is 0.114. The number of rotatable bonds is 6. The summed E-state index contributed by atoms with van der Waals surface area (Å²) in [5.41, 5.74) is 1.38. The SMILES string of the molecule is Oc1cc(Oc2nc3nc(OCC45CCCN4CCC5)nc(N4CC5CCC(C4)N5)c3[nH]2)c2ccccc2c1. The molecule has 4 fully saturated rings. The molecule has 4 aromatic rings. The molecule has 2 aromatic carbocycles. The number of nitrogens with zero attached hydrogens (tertiary/aromatic N) is 5. The Labute approximate surface area is 226 Å². The first-order valence-corrected chi connectivity index (χ1v) is 14.2. The number of hydrogen-bond acceptors (Lipinski definition) is 9. The highest BCUT2D eigenvalue weighted by Crippen LogP contribution is 2.40. The van der Waals surface area contributed by atoms with Crippen molar-refractivity contribution in [1.29, 1.82) is 0 Å². The molecule has 202 valence electrons. The van der Waals surface area contributed by atoms with Gasteiger partial charge in [-0.05, 0) is 63.1 Å². The highest BCUT2D eigenvalue weighted by molar-refractivity contribution is 5.90. The average Bonchev–Trinajstić information content (AvgIpc) is 3.70. The van der Waals surface area contributed by atoms with E-state index in [4.69, 9.17) is 24.4 Å². The van der Waals surface area contributed by atoms with Crippen molar-refractivity contribution < 1.29 is 14.6 Å². The molecule has 4 saturated heterocycles. The standard InChI is InChI=1S/C29H33N7O3/c37-21-13-18-5-1-2-6-22(18)23(14-21)39-28-31-24-25(33-28)32-27(38-17-29-9-3-11-36(29)12-4-10-29)34-26(24)35-15-19-7-8-20(16-35)30-19/h1-2,5-6,13-14,19-20,30,37H,3-4,7-12,15-17H2,(H,31,32,33,34). The molecule has 0 saturated carbocycles. The summed E-state index contributed by atoms with van der Waals surface area (Å²) >= 11 is 0. The van der Waals surface area contributed by atoms with Gasteiger partial charge in [-0.15, -0.1) is 0 Å². The smallest absolute Gasteiger partial charge is 0.320 e.